The lowest BCUT2D eigenvalue weighted by atomic mass is 9.77. The van der Waals surface area contributed by atoms with E-state index in [9.17, 15) is 0 Å². The molecule has 1 aliphatic heterocycles. The molecule has 3 atom stereocenters. The summed E-state index contributed by atoms with van der Waals surface area (Å²) >= 11 is 0. The summed E-state index contributed by atoms with van der Waals surface area (Å²) in [5, 5.41) is 3.82. The van der Waals surface area contributed by atoms with E-state index in [0.29, 0.717) is 11.8 Å². The van der Waals surface area contributed by atoms with E-state index < -0.39 is 0 Å². The second-order valence-corrected chi connectivity index (χ2v) is 9.48. The van der Waals surface area contributed by atoms with Crippen LogP contribution >= 0.6 is 0 Å². The van der Waals surface area contributed by atoms with E-state index in [0.717, 1.165) is 36.2 Å². The Morgan fingerprint density at radius 2 is 1.78 bits per heavy atom. The minimum absolute atomic E-state index is 0.236. The number of methoxy groups -OCH3 is 2. The van der Waals surface area contributed by atoms with E-state index in [1.165, 1.54) is 55.3 Å². The second-order valence-electron chi connectivity index (χ2n) is 9.48. The number of ether oxygens (including phenoxy) is 3. The van der Waals surface area contributed by atoms with Crippen LogP contribution in [0.5, 0.6) is 17.2 Å². The molecule has 170 valence electrons. The molecule has 0 aromatic heterocycles. The average molecular weight is 434 g/mol. The number of hydrogen-bond donors (Lipinski definition) is 1. The third kappa shape index (κ3) is 4.20. The van der Waals surface area contributed by atoms with E-state index in [1.54, 1.807) is 14.2 Å². The first-order chi connectivity index (χ1) is 15.8. The molecule has 3 aliphatic rings. The highest BCUT2D eigenvalue weighted by Gasteiger charge is 2.38. The Labute approximate surface area is 192 Å². The smallest absolute Gasteiger partial charge is 0.161 e. The van der Waals surface area contributed by atoms with Crippen molar-refractivity contribution < 1.29 is 14.2 Å². The van der Waals surface area contributed by atoms with Crippen molar-refractivity contribution in [3.63, 3.8) is 0 Å². The lowest BCUT2D eigenvalue weighted by molar-refractivity contribution is 0.246. The SMILES string of the molecule is COc1ccc(C2Nc3ccc(OCCC4CCCCC4)cc3C3C=CCC32)cc1OC. The number of rotatable bonds is 7. The first-order valence-electron chi connectivity index (χ1n) is 12.2. The van der Waals surface area contributed by atoms with Gasteiger partial charge in [0, 0.05) is 11.6 Å². The summed E-state index contributed by atoms with van der Waals surface area (Å²) in [7, 11) is 3.37. The Kier molecular flexibility index (Phi) is 6.29. The van der Waals surface area contributed by atoms with Gasteiger partial charge in [0.25, 0.3) is 0 Å². The summed E-state index contributed by atoms with van der Waals surface area (Å²) in [5.74, 6) is 4.30. The van der Waals surface area contributed by atoms with E-state index >= 15 is 0 Å². The number of benzene rings is 2. The Morgan fingerprint density at radius 1 is 0.938 bits per heavy atom. The average Bonchev–Trinajstić information content (AvgIpc) is 3.34. The molecule has 2 aromatic rings. The van der Waals surface area contributed by atoms with Gasteiger partial charge < -0.3 is 19.5 Å². The van der Waals surface area contributed by atoms with Gasteiger partial charge in [0.15, 0.2) is 11.5 Å². The van der Waals surface area contributed by atoms with Gasteiger partial charge in [-0.15, -0.1) is 0 Å². The van der Waals surface area contributed by atoms with Gasteiger partial charge >= 0.3 is 0 Å². The highest BCUT2D eigenvalue weighted by Crippen LogP contribution is 2.51. The van der Waals surface area contributed by atoms with Gasteiger partial charge in [-0.2, -0.15) is 0 Å². The highest BCUT2D eigenvalue weighted by atomic mass is 16.5. The molecule has 1 saturated carbocycles. The predicted molar refractivity (Wildman–Crippen MR) is 129 cm³/mol. The van der Waals surface area contributed by atoms with Crippen LogP contribution in [-0.2, 0) is 0 Å². The predicted octanol–water partition coefficient (Wildman–Crippen LogP) is 6.88. The van der Waals surface area contributed by atoms with Crippen LogP contribution in [0, 0.1) is 11.8 Å². The first kappa shape index (κ1) is 21.2. The van der Waals surface area contributed by atoms with Crippen LogP contribution in [0.3, 0.4) is 0 Å². The molecule has 2 aliphatic carbocycles. The molecule has 4 heteroatoms. The van der Waals surface area contributed by atoms with Gasteiger partial charge in [0.05, 0.1) is 26.9 Å². The number of hydrogen-bond acceptors (Lipinski definition) is 4. The van der Waals surface area contributed by atoms with Gasteiger partial charge in [-0.3, -0.25) is 0 Å². The molecule has 0 radical (unpaired) electrons. The minimum atomic E-state index is 0.236. The maximum atomic E-state index is 6.21. The van der Waals surface area contributed by atoms with Crippen LogP contribution in [0.15, 0.2) is 48.6 Å². The summed E-state index contributed by atoms with van der Waals surface area (Å²) in [6.45, 7) is 0.828. The molecule has 2 aromatic carbocycles. The van der Waals surface area contributed by atoms with Crippen LogP contribution in [-0.4, -0.2) is 20.8 Å². The normalized spacial score (nSPS) is 24.4. The molecular formula is C28H35NO3. The van der Waals surface area contributed by atoms with Crippen molar-refractivity contribution in [2.45, 2.75) is 56.9 Å². The summed E-state index contributed by atoms with van der Waals surface area (Å²) in [6.07, 6.45) is 13.9. The zero-order valence-electron chi connectivity index (χ0n) is 19.3. The van der Waals surface area contributed by atoms with Crippen molar-refractivity contribution in [2.24, 2.45) is 11.8 Å². The Balaban J connectivity index is 1.33. The molecule has 32 heavy (non-hydrogen) atoms. The molecule has 0 saturated heterocycles. The summed E-state index contributed by atoms with van der Waals surface area (Å²) in [4.78, 5) is 0. The van der Waals surface area contributed by atoms with Crippen molar-refractivity contribution in [1.29, 1.82) is 0 Å². The number of nitrogens with one attached hydrogen (secondary N) is 1. The van der Waals surface area contributed by atoms with Crippen molar-refractivity contribution in [3.8, 4) is 17.2 Å². The van der Waals surface area contributed by atoms with Gasteiger partial charge in [0.1, 0.15) is 5.75 Å². The second kappa shape index (κ2) is 9.48. The molecule has 1 heterocycles. The monoisotopic (exact) mass is 433 g/mol. The highest BCUT2D eigenvalue weighted by molar-refractivity contribution is 5.62. The Morgan fingerprint density at radius 3 is 2.59 bits per heavy atom. The topological polar surface area (TPSA) is 39.7 Å². The maximum absolute atomic E-state index is 6.21. The lowest BCUT2D eigenvalue weighted by Crippen LogP contribution is -2.29. The van der Waals surface area contributed by atoms with E-state index in [4.69, 9.17) is 14.2 Å². The summed E-state index contributed by atoms with van der Waals surface area (Å²) in [6, 6.07) is 13.1. The number of anilines is 1. The van der Waals surface area contributed by atoms with Crippen LogP contribution in [0.2, 0.25) is 0 Å². The zero-order valence-corrected chi connectivity index (χ0v) is 19.3. The van der Waals surface area contributed by atoms with E-state index in [-0.39, 0.29) is 6.04 Å². The maximum Gasteiger partial charge on any atom is 0.161 e. The van der Waals surface area contributed by atoms with Gasteiger partial charge in [-0.25, -0.2) is 0 Å². The lowest BCUT2D eigenvalue weighted by Gasteiger charge is -2.38. The molecule has 1 fully saturated rings. The zero-order chi connectivity index (χ0) is 21.9. The molecule has 0 spiro atoms. The third-order valence-electron chi connectivity index (χ3n) is 7.62. The largest absolute Gasteiger partial charge is 0.494 e. The molecular weight excluding hydrogens is 398 g/mol. The summed E-state index contributed by atoms with van der Waals surface area (Å²) in [5.41, 5.74) is 3.80. The number of fused-ring (bicyclic) bond motifs is 3. The van der Waals surface area contributed by atoms with Gasteiger partial charge in [-0.05, 0) is 66.1 Å². The summed E-state index contributed by atoms with van der Waals surface area (Å²) < 4.78 is 17.2. The Hall–Kier alpha value is -2.62. The minimum Gasteiger partial charge on any atom is -0.494 e. The molecule has 1 N–H and O–H groups in total. The standard InChI is InChI=1S/C28H35NO3/c1-30-26-14-11-20(17-27(26)31-2)28-23-10-6-9-22(23)24-18-21(12-13-25(24)29-28)32-16-15-19-7-4-3-5-8-19/h6,9,11-14,17-19,22-23,28-29H,3-5,7-8,10,15-16H2,1-2H3. The van der Waals surface area contributed by atoms with E-state index in [1.807, 2.05) is 6.07 Å². The van der Waals surface area contributed by atoms with Crippen molar-refractivity contribution in [1.82, 2.24) is 0 Å². The first-order valence-corrected chi connectivity index (χ1v) is 12.2. The quantitative estimate of drug-likeness (QED) is 0.483. The Bertz CT molecular complexity index is 963. The van der Waals surface area contributed by atoms with Crippen LogP contribution < -0.4 is 19.5 Å². The van der Waals surface area contributed by atoms with Crippen LogP contribution in [0.4, 0.5) is 5.69 Å². The van der Waals surface area contributed by atoms with Gasteiger partial charge in [0.2, 0.25) is 0 Å². The third-order valence-corrected chi connectivity index (χ3v) is 7.62. The molecule has 5 rings (SSSR count). The van der Waals surface area contributed by atoms with Crippen molar-refractivity contribution in [3.05, 3.63) is 59.7 Å². The fourth-order valence-corrected chi connectivity index (χ4v) is 5.86. The fourth-order valence-electron chi connectivity index (χ4n) is 5.86. The molecule has 4 nitrogen and oxygen atoms in total. The van der Waals surface area contributed by atoms with Crippen molar-refractivity contribution in [2.75, 3.05) is 26.1 Å². The van der Waals surface area contributed by atoms with Gasteiger partial charge in [-0.1, -0.05) is 50.3 Å². The molecule has 0 amide bonds. The number of allylic oxidation sites excluding steroid dienone is 2. The molecule has 3 unspecified atom stereocenters. The fraction of sp³-hybridized carbons (Fsp3) is 0.500. The molecule has 0 bridgehead atoms. The van der Waals surface area contributed by atoms with Crippen LogP contribution in [0.1, 0.15) is 68.0 Å². The van der Waals surface area contributed by atoms with E-state index in [2.05, 4.69) is 47.8 Å². The van der Waals surface area contributed by atoms with Crippen molar-refractivity contribution >= 4 is 5.69 Å². The van der Waals surface area contributed by atoms with Crippen LogP contribution in [0.25, 0.3) is 0 Å².